The first-order valence-corrected chi connectivity index (χ1v) is 10.6. The van der Waals surface area contributed by atoms with E-state index in [9.17, 15) is 8.78 Å². The van der Waals surface area contributed by atoms with E-state index < -0.39 is 12.2 Å². The summed E-state index contributed by atoms with van der Waals surface area (Å²) in [4.78, 5) is 17.7. The van der Waals surface area contributed by atoms with Crippen molar-refractivity contribution < 1.29 is 13.5 Å². The van der Waals surface area contributed by atoms with Gasteiger partial charge in [0.2, 0.25) is 0 Å². The van der Waals surface area contributed by atoms with Gasteiger partial charge in [-0.15, -0.1) is 0 Å². The number of rotatable bonds is 5. The van der Waals surface area contributed by atoms with Crippen molar-refractivity contribution >= 4 is 5.84 Å². The average molecular weight is 457 g/mol. The van der Waals surface area contributed by atoms with Crippen LogP contribution in [0, 0.1) is 13.8 Å². The summed E-state index contributed by atoms with van der Waals surface area (Å²) in [5, 5.41) is 0. The smallest absolute Gasteiger partial charge is 0.387 e. The number of halogens is 2. The minimum Gasteiger partial charge on any atom is -0.434 e. The van der Waals surface area contributed by atoms with Crippen LogP contribution < -0.4 is 10.5 Å². The molecule has 0 saturated heterocycles. The third kappa shape index (κ3) is 3.48. The molecule has 6 nitrogen and oxygen atoms in total. The lowest BCUT2D eigenvalue weighted by atomic mass is 9.77. The molecule has 1 aliphatic rings. The van der Waals surface area contributed by atoms with Gasteiger partial charge < -0.3 is 10.5 Å². The highest BCUT2D eigenvalue weighted by atomic mass is 19.3. The number of amidine groups is 1. The van der Waals surface area contributed by atoms with Gasteiger partial charge in [0, 0.05) is 29.7 Å². The largest absolute Gasteiger partial charge is 0.434 e. The topological polar surface area (TPSA) is 86.3 Å². The predicted octanol–water partition coefficient (Wildman–Crippen LogP) is 4.77. The van der Waals surface area contributed by atoms with Crippen molar-refractivity contribution in [1.29, 1.82) is 0 Å². The fourth-order valence-electron chi connectivity index (χ4n) is 4.61. The van der Waals surface area contributed by atoms with Crippen molar-refractivity contribution in [2.24, 2.45) is 10.7 Å². The average Bonchev–Trinajstić information content (AvgIpc) is 3.15. The molecule has 0 spiro atoms. The van der Waals surface area contributed by atoms with E-state index in [2.05, 4.69) is 15.0 Å². The van der Waals surface area contributed by atoms with E-state index in [1.54, 1.807) is 32.4 Å². The van der Waals surface area contributed by atoms with Gasteiger partial charge in [0.05, 0.1) is 0 Å². The highest BCUT2D eigenvalue weighted by molar-refractivity contribution is 6.01. The van der Waals surface area contributed by atoms with Gasteiger partial charge in [-0.3, -0.25) is 4.98 Å². The Bertz CT molecular complexity index is 1380. The van der Waals surface area contributed by atoms with E-state index in [4.69, 9.17) is 15.5 Å². The number of hydrogen-bond acceptors (Lipinski definition) is 6. The van der Waals surface area contributed by atoms with Gasteiger partial charge in [-0.05, 0) is 65.9 Å². The van der Waals surface area contributed by atoms with E-state index in [0.717, 1.165) is 27.8 Å². The maximum absolute atomic E-state index is 13.0. The molecule has 0 bridgehead atoms. The summed E-state index contributed by atoms with van der Waals surface area (Å²) < 4.78 is 30.8. The van der Waals surface area contributed by atoms with Crippen molar-refractivity contribution in [1.82, 2.24) is 15.0 Å². The van der Waals surface area contributed by atoms with Crippen LogP contribution in [-0.2, 0) is 5.54 Å². The fraction of sp³-hybridized carbons (Fsp3) is 0.154. The Labute approximate surface area is 195 Å². The summed E-state index contributed by atoms with van der Waals surface area (Å²) in [5.41, 5.74) is 11.3. The molecule has 5 rings (SSSR count). The van der Waals surface area contributed by atoms with Crippen molar-refractivity contribution in [2.75, 3.05) is 0 Å². The van der Waals surface area contributed by atoms with Crippen LogP contribution in [0.4, 0.5) is 8.78 Å². The molecule has 1 unspecified atom stereocenters. The van der Waals surface area contributed by atoms with Crippen LogP contribution in [0.15, 0.2) is 78.4 Å². The summed E-state index contributed by atoms with van der Waals surface area (Å²) in [6, 6.07) is 15.3. The van der Waals surface area contributed by atoms with Gasteiger partial charge in [-0.2, -0.15) is 8.78 Å². The second-order valence-corrected chi connectivity index (χ2v) is 8.13. The molecule has 2 N–H and O–H groups in total. The van der Waals surface area contributed by atoms with Gasteiger partial charge in [0.25, 0.3) is 0 Å². The fourth-order valence-corrected chi connectivity index (χ4v) is 4.61. The monoisotopic (exact) mass is 457 g/mol. The zero-order valence-corrected chi connectivity index (χ0v) is 18.5. The highest BCUT2D eigenvalue weighted by Crippen LogP contribution is 2.47. The van der Waals surface area contributed by atoms with Gasteiger partial charge in [0.15, 0.2) is 0 Å². The molecule has 0 amide bonds. The minimum atomic E-state index is -2.91. The van der Waals surface area contributed by atoms with Crippen LogP contribution in [0.1, 0.15) is 33.5 Å². The summed E-state index contributed by atoms with van der Waals surface area (Å²) in [6.07, 6.45) is 6.63. The number of aryl methyl sites for hydroxylation is 2. The summed E-state index contributed by atoms with van der Waals surface area (Å²) in [5.74, 6) is 0.470. The van der Waals surface area contributed by atoms with E-state index in [-0.39, 0.29) is 5.75 Å². The maximum atomic E-state index is 13.0. The molecule has 0 aliphatic carbocycles. The number of aliphatic imine (C=N–C) groups is 1. The summed E-state index contributed by atoms with van der Waals surface area (Å²) in [6.45, 7) is 0.574. The zero-order valence-electron chi connectivity index (χ0n) is 18.5. The second-order valence-electron chi connectivity index (χ2n) is 8.13. The number of alkyl halides is 2. The number of ether oxygens (including phenoxy) is 1. The Kier molecular flexibility index (Phi) is 5.28. The lowest BCUT2D eigenvalue weighted by molar-refractivity contribution is -0.0507. The Balaban J connectivity index is 1.78. The quantitative estimate of drug-likeness (QED) is 0.467. The lowest BCUT2D eigenvalue weighted by Crippen LogP contribution is -2.26. The third-order valence-electron chi connectivity index (χ3n) is 5.99. The minimum absolute atomic E-state index is 0.158. The van der Waals surface area contributed by atoms with Crippen LogP contribution in [0.2, 0.25) is 0 Å². The normalized spacial score (nSPS) is 16.9. The molecule has 2 aromatic carbocycles. The molecule has 170 valence electrons. The van der Waals surface area contributed by atoms with Crippen molar-refractivity contribution in [3.63, 3.8) is 0 Å². The number of aromatic nitrogens is 3. The Morgan fingerprint density at radius 2 is 1.65 bits per heavy atom. The first-order valence-electron chi connectivity index (χ1n) is 10.6. The molecule has 4 aromatic rings. The number of nitrogens with zero attached hydrogens (tertiary/aromatic N) is 4. The molecule has 0 fully saturated rings. The Morgan fingerprint density at radius 3 is 2.35 bits per heavy atom. The molecule has 3 heterocycles. The first kappa shape index (κ1) is 21.6. The maximum Gasteiger partial charge on any atom is 0.387 e. The SMILES string of the molecule is Cc1cc(C2(c3cccc(-c4cncnc4)c3)N=C(N)c3ncccc32)cc(C)c1OC(F)F. The van der Waals surface area contributed by atoms with E-state index in [1.165, 1.54) is 6.33 Å². The molecular formula is C26H21F2N5O. The van der Waals surface area contributed by atoms with Crippen molar-refractivity contribution in [2.45, 2.75) is 26.0 Å². The predicted molar refractivity (Wildman–Crippen MR) is 125 cm³/mol. The van der Waals surface area contributed by atoms with Crippen LogP contribution >= 0.6 is 0 Å². The number of nitrogens with two attached hydrogens (primary N) is 1. The Morgan fingerprint density at radius 1 is 0.912 bits per heavy atom. The number of fused-ring (bicyclic) bond motifs is 1. The molecule has 8 heteroatoms. The highest BCUT2D eigenvalue weighted by Gasteiger charge is 2.44. The molecule has 1 aliphatic heterocycles. The van der Waals surface area contributed by atoms with Gasteiger partial charge in [-0.25, -0.2) is 15.0 Å². The van der Waals surface area contributed by atoms with Crippen LogP contribution in [0.3, 0.4) is 0 Å². The molecular weight excluding hydrogens is 436 g/mol. The van der Waals surface area contributed by atoms with Gasteiger partial charge in [0.1, 0.15) is 29.1 Å². The zero-order chi connectivity index (χ0) is 23.9. The molecule has 1 atom stereocenters. The molecule has 2 aromatic heterocycles. The van der Waals surface area contributed by atoms with Gasteiger partial charge in [-0.1, -0.05) is 24.3 Å². The molecule has 0 radical (unpaired) electrons. The number of pyridine rings is 1. The Hall–Kier alpha value is -4.20. The van der Waals surface area contributed by atoms with E-state index in [0.29, 0.717) is 22.7 Å². The number of hydrogen-bond donors (Lipinski definition) is 1. The van der Waals surface area contributed by atoms with E-state index >= 15 is 0 Å². The van der Waals surface area contributed by atoms with Crippen molar-refractivity contribution in [3.8, 4) is 16.9 Å². The summed E-state index contributed by atoms with van der Waals surface area (Å²) in [7, 11) is 0. The molecule has 34 heavy (non-hydrogen) atoms. The molecule has 0 saturated carbocycles. The van der Waals surface area contributed by atoms with Crippen LogP contribution in [0.5, 0.6) is 5.75 Å². The summed E-state index contributed by atoms with van der Waals surface area (Å²) >= 11 is 0. The third-order valence-corrected chi connectivity index (χ3v) is 5.99. The van der Waals surface area contributed by atoms with Crippen LogP contribution in [0.25, 0.3) is 11.1 Å². The first-order chi connectivity index (χ1) is 16.4. The van der Waals surface area contributed by atoms with Crippen LogP contribution in [-0.4, -0.2) is 27.4 Å². The number of benzene rings is 2. The van der Waals surface area contributed by atoms with E-state index in [1.807, 2.05) is 48.5 Å². The standard InChI is InChI=1S/C26H21F2N5O/c1-15-9-20(10-16(2)23(15)34-25(27)28)26(21-7-4-8-32-22(21)24(29)33-26)19-6-3-5-17(11-19)18-12-30-14-31-13-18/h3-14,25H,1-2H3,(H2,29,33). The van der Waals surface area contributed by atoms with Crippen molar-refractivity contribution in [3.05, 3.63) is 107 Å². The lowest BCUT2D eigenvalue weighted by Gasteiger charge is -2.30. The van der Waals surface area contributed by atoms with Gasteiger partial charge >= 0.3 is 6.61 Å². The second kappa shape index (κ2) is 8.30.